The number of hydrogen-bond donors (Lipinski definition) is 3. The number of halogens is 1. The first kappa shape index (κ1) is 11.7. The van der Waals surface area contributed by atoms with Crippen molar-refractivity contribution >= 4 is 17.3 Å². The number of aromatic nitrogens is 1. The zero-order valence-electron chi connectivity index (χ0n) is 8.42. The second kappa shape index (κ2) is 4.91. The van der Waals surface area contributed by atoms with E-state index in [0.29, 0.717) is 17.8 Å². The summed E-state index contributed by atoms with van der Waals surface area (Å²) in [5, 5.41) is 8.05. The van der Waals surface area contributed by atoms with Gasteiger partial charge in [0.25, 0.3) is 0 Å². The molecule has 0 unspecified atom stereocenters. The Morgan fingerprint density at radius 2 is 2.27 bits per heavy atom. The summed E-state index contributed by atoms with van der Waals surface area (Å²) in [5.74, 6) is 0. The molecule has 80 valence electrons. The molecule has 15 heavy (non-hydrogen) atoms. The highest BCUT2D eigenvalue weighted by atomic mass is 35.5. The van der Waals surface area contributed by atoms with E-state index in [2.05, 4.69) is 4.98 Å². The van der Waals surface area contributed by atoms with E-state index < -0.39 is 0 Å². The van der Waals surface area contributed by atoms with Gasteiger partial charge in [0.2, 0.25) is 0 Å². The van der Waals surface area contributed by atoms with Crippen molar-refractivity contribution in [3.63, 3.8) is 0 Å². The molecule has 0 spiro atoms. The highest BCUT2D eigenvalue weighted by Crippen LogP contribution is 2.14. The van der Waals surface area contributed by atoms with Crippen LogP contribution >= 0.6 is 11.6 Å². The average Bonchev–Trinajstić information content (AvgIpc) is 2.27. The van der Waals surface area contributed by atoms with E-state index in [1.54, 1.807) is 25.3 Å². The number of nitrogens with one attached hydrogen (secondary N) is 1. The van der Waals surface area contributed by atoms with Crippen LogP contribution in [0.4, 0.5) is 0 Å². The maximum absolute atomic E-state index is 7.80. The summed E-state index contributed by atoms with van der Waals surface area (Å²) in [7, 11) is 0. The molecule has 0 saturated carbocycles. The summed E-state index contributed by atoms with van der Waals surface area (Å²) in [6, 6.07) is 3.43. The molecule has 1 aromatic rings. The summed E-state index contributed by atoms with van der Waals surface area (Å²) < 4.78 is 0. The maximum Gasteiger partial charge on any atom is 0.0845 e. The normalized spacial score (nSPS) is 12.2. The van der Waals surface area contributed by atoms with E-state index in [4.69, 9.17) is 28.5 Å². The molecule has 0 radical (unpaired) electrons. The van der Waals surface area contributed by atoms with Crippen LogP contribution in [0, 0.1) is 5.41 Å². The molecule has 0 fully saturated rings. The summed E-state index contributed by atoms with van der Waals surface area (Å²) in [6.07, 6.45) is 1.60. The molecule has 0 aliphatic rings. The largest absolute Gasteiger partial charge is 0.401 e. The van der Waals surface area contributed by atoms with Gasteiger partial charge >= 0.3 is 0 Å². The Morgan fingerprint density at radius 3 is 2.80 bits per heavy atom. The van der Waals surface area contributed by atoms with E-state index >= 15 is 0 Å². The van der Waals surface area contributed by atoms with Gasteiger partial charge in [-0.15, -0.1) is 0 Å². The van der Waals surface area contributed by atoms with Gasteiger partial charge in [0.05, 0.1) is 16.4 Å². The molecule has 0 saturated heterocycles. The van der Waals surface area contributed by atoms with E-state index in [1.807, 2.05) is 0 Å². The molecule has 0 bridgehead atoms. The maximum atomic E-state index is 7.80. The molecule has 4 nitrogen and oxygen atoms in total. The Labute approximate surface area is 93.5 Å². The fraction of sp³-hybridized carbons (Fsp3) is 0.200. The van der Waals surface area contributed by atoms with E-state index in [-0.39, 0.29) is 10.7 Å². The third-order valence-electron chi connectivity index (χ3n) is 1.88. The first-order chi connectivity index (χ1) is 7.06. The van der Waals surface area contributed by atoms with Gasteiger partial charge in [0, 0.05) is 24.0 Å². The van der Waals surface area contributed by atoms with Gasteiger partial charge in [-0.3, -0.25) is 10.4 Å². The third kappa shape index (κ3) is 2.78. The number of hydrogen-bond acceptors (Lipinski definition) is 4. The smallest absolute Gasteiger partial charge is 0.0845 e. The Bertz CT molecular complexity index is 408. The SMILES string of the molecule is C/C(N)=C(\Cl)C(=N)c1ccnc(CN)c1. The van der Waals surface area contributed by atoms with Crippen LogP contribution in [0.25, 0.3) is 0 Å². The average molecular weight is 225 g/mol. The first-order valence-corrected chi connectivity index (χ1v) is 4.80. The molecular formula is C10H13ClN4. The van der Waals surface area contributed by atoms with Crippen molar-refractivity contribution in [2.75, 3.05) is 0 Å². The van der Waals surface area contributed by atoms with Gasteiger partial charge in [-0.2, -0.15) is 0 Å². The van der Waals surface area contributed by atoms with Crippen LogP contribution in [0.1, 0.15) is 18.2 Å². The Hall–Kier alpha value is -1.39. The topological polar surface area (TPSA) is 88.8 Å². The predicted octanol–water partition coefficient (Wildman–Crippen LogP) is 1.34. The van der Waals surface area contributed by atoms with Crippen molar-refractivity contribution in [1.29, 1.82) is 5.41 Å². The number of allylic oxidation sites excluding steroid dienone is 2. The van der Waals surface area contributed by atoms with Crippen molar-refractivity contribution in [3.05, 3.63) is 40.3 Å². The number of nitrogens with zero attached hydrogens (tertiary/aromatic N) is 1. The Morgan fingerprint density at radius 1 is 1.60 bits per heavy atom. The van der Waals surface area contributed by atoms with Crippen molar-refractivity contribution in [2.45, 2.75) is 13.5 Å². The van der Waals surface area contributed by atoms with Crippen molar-refractivity contribution in [3.8, 4) is 0 Å². The summed E-state index contributed by atoms with van der Waals surface area (Å²) in [5.41, 5.74) is 13.0. The van der Waals surface area contributed by atoms with Crippen molar-refractivity contribution in [1.82, 2.24) is 4.98 Å². The van der Waals surface area contributed by atoms with Crippen molar-refractivity contribution in [2.24, 2.45) is 11.5 Å². The van der Waals surface area contributed by atoms with E-state index in [0.717, 1.165) is 5.69 Å². The van der Waals surface area contributed by atoms with Crippen LogP contribution in [0.3, 0.4) is 0 Å². The molecule has 5 heteroatoms. The van der Waals surface area contributed by atoms with E-state index in [9.17, 15) is 0 Å². The summed E-state index contributed by atoms with van der Waals surface area (Å²) in [4.78, 5) is 4.03. The Balaban J connectivity index is 3.07. The second-order valence-electron chi connectivity index (χ2n) is 3.11. The third-order valence-corrected chi connectivity index (χ3v) is 2.37. The molecule has 0 amide bonds. The van der Waals surface area contributed by atoms with Crippen LogP contribution in [0.15, 0.2) is 29.1 Å². The lowest BCUT2D eigenvalue weighted by molar-refractivity contribution is 0.989. The van der Waals surface area contributed by atoms with Crippen LogP contribution in [-0.4, -0.2) is 10.7 Å². The molecular weight excluding hydrogens is 212 g/mol. The lowest BCUT2D eigenvalue weighted by Crippen LogP contribution is -2.07. The summed E-state index contributed by atoms with van der Waals surface area (Å²) >= 11 is 5.87. The lowest BCUT2D eigenvalue weighted by atomic mass is 10.1. The number of nitrogens with two attached hydrogens (primary N) is 2. The lowest BCUT2D eigenvalue weighted by Gasteiger charge is -2.05. The highest BCUT2D eigenvalue weighted by molar-refractivity contribution is 6.46. The minimum Gasteiger partial charge on any atom is -0.401 e. The fourth-order valence-corrected chi connectivity index (χ4v) is 1.18. The molecule has 5 N–H and O–H groups in total. The van der Waals surface area contributed by atoms with Gasteiger partial charge in [-0.25, -0.2) is 0 Å². The molecule has 0 atom stereocenters. The summed E-state index contributed by atoms with van der Waals surface area (Å²) in [6.45, 7) is 1.99. The quantitative estimate of drug-likeness (QED) is 0.677. The van der Waals surface area contributed by atoms with Gasteiger partial charge in [-0.05, 0) is 19.1 Å². The van der Waals surface area contributed by atoms with E-state index in [1.165, 1.54) is 0 Å². The molecule has 1 aromatic heterocycles. The molecule has 0 aromatic carbocycles. The van der Waals surface area contributed by atoms with Gasteiger partial charge in [0.15, 0.2) is 0 Å². The van der Waals surface area contributed by atoms with Crippen LogP contribution in [0.2, 0.25) is 0 Å². The molecule has 0 aliphatic heterocycles. The van der Waals surface area contributed by atoms with Crippen LogP contribution in [-0.2, 0) is 6.54 Å². The standard InChI is InChI=1S/C10H13ClN4/c1-6(13)9(11)10(14)7-2-3-15-8(4-7)5-12/h2-4,14H,5,12-13H2,1H3/b9-6+,14-10?. The minimum atomic E-state index is 0.189. The number of rotatable bonds is 3. The van der Waals surface area contributed by atoms with Crippen molar-refractivity contribution < 1.29 is 0 Å². The van der Waals surface area contributed by atoms with Crippen LogP contribution in [0.5, 0.6) is 0 Å². The molecule has 1 rings (SSSR count). The second-order valence-corrected chi connectivity index (χ2v) is 3.49. The zero-order valence-corrected chi connectivity index (χ0v) is 9.17. The number of pyridine rings is 1. The molecule has 1 heterocycles. The van der Waals surface area contributed by atoms with Gasteiger partial charge in [-0.1, -0.05) is 11.6 Å². The monoisotopic (exact) mass is 224 g/mol. The zero-order chi connectivity index (χ0) is 11.4. The minimum absolute atomic E-state index is 0.189. The first-order valence-electron chi connectivity index (χ1n) is 4.42. The van der Waals surface area contributed by atoms with Crippen LogP contribution < -0.4 is 11.5 Å². The highest BCUT2D eigenvalue weighted by Gasteiger charge is 2.08. The van der Waals surface area contributed by atoms with Gasteiger partial charge in [0.1, 0.15) is 0 Å². The molecule has 0 aliphatic carbocycles. The Kier molecular flexibility index (Phi) is 3.82. The van der Waals surface area contributed by atoms with Gasteiger partial charge < -0.3 is 11.5 Å². The predicted molar refractivity (Wildman–Crippen MR) is 61.7 cm³/mol. The fourth-order valence-electron chi connectivity index (χ4n) is 1.07.